The second-order valence-corrected chi connectivity index (χ2v) is 8.22. The number of halogens is 3. The average molecular weight is 435 g/mol. The van der Waals surface area contributed by atoms with Crippen molar-refractivity contribution in [2.75, 3.05) is 6.61 Å². The third kappa shape index (κ3) is 5.39. The second kappa shape index (κ2) is 9.17. The zero-order chi connectivity index (χ0) is 21.9. The fraction of sp³-hybridized carbons (Fsp3) is 0.375. The van der Waals surface area contributed by atoms with Crippen LogP contribution in [-0.4, -0.2) is 17.7 Å². The van der Waals surface area contributed by atoms with Crippen molar-refractivity contribution in [3.63, 3.8) is 0 Å². The van der Waals surface area contributed by atoms with Gasteiger partial charge in [-0.25, -0.2) is 8.78 Å². The summed E-state index contributed by atoms with van der Waals surface area (Å²) >= 11 is 5.98. The number of benzene rings is 2. The van der Waals surface area contributed by atoms with Crippen molar-refractivity contribution >= 4 is 23.1 Å². The summed E-state index contributed by atoms with van der Waals surface area (Å²) in [6.07, 6.45) is 2.75. The third-order valence-corrected chi connectivity index (χ3v) is 5.66. The van der Waals surface area contributed by atoms with Crippen molar-refractivity contribution in [3.05, 3.63) is 69.2 Å². The van der Waals surface area contributed by atoms with Crippen molar-refractivity contribution in [1.82, 2.24) is 0 Å². The number of carboxylic acid groups (broad SMARTS) is 1. The van der Waals surface area contributed by atoms with Crippen molar-refractivity contribution < 1.29 is 23.4 Å². The van der Waals surface area contributed by atoms with E-state index in [0.29, 0.717) is 22.9 Å². The summed E-state index contributed by atoms with van der Waals surface area (Å²) in [5.41, 5.74) is 4.38. The Labute approximate surface area is 180 Å². The molecule has 0 aliphatic heterocycles. The van der Waals surface area contributed by atoms with Gasteiger partial charge in [0.05, 0.1) is 0 Å². The first-order chi connectivity index (χ1) is 14.1. The summed E-state index contributed by atoms with van der Waals surface area (Å²) in [5.74, 6) is -3.69. The first-order valence-electron chi connectivity index (χ1n) is 9.98. The van der Waals surface area contributed by atoms with Crippen LogP contribution in [0.2, 0.25) is 5.02 Å². The molecule has 0 amide bonds. The van der Waals surface area contributed by atoms with Gasteiger partial charge in [0.2, 0.25) is 0 Å². The van der Waals surface area contributed by atoms with Crippen LogP contribution in [0.4, 0.5) is 8.78 Å². The number of allylic oxidation sites excluding steroid dienone is 1. The number of ether oxygens (including phenoxy) is 1. The standard InChI is InChI=1S/C24H25ClF2O3/c1-15-12-17(8-11-23(28)29)21(24(2,26)27)13-22(15)30-14-18-4-3-5-20(18)16-6-9-19(25)10-7-16/h6-7,9-10,12-13H,3-5,8,11,14H2,1-2H3,(H,28,29). The summed E-state index contributed by atoms with van der Waals surface area (Å²) in [4.78, 5) is 10.9. The molecule has 0 unspecified atom stereocenters. The van der Waals surface area contributed by atoms with Crippen molar-refractivity contribution in [2.24, 2.45) is 0 Å². The number of aliphatic carboxylic acids is 1. The highest BCUT2D eigenvalue weighted by molar-refractivity contribution is 6.30. The number of alkyl halides is 2. The molecule has 1 aliphatic carbocycles. The van der Waals surface area contributed by atoms with Gasteiger partial charge in [-0.3, -0.25) is 4.79 Å². The molecule has 0 bridgehead atoms. The van der Waals surface area contributed by atoms with Crippen LogP contribution in [-0.2, 0) is 17.1 Å². The molecule has 0 spiro atoms. The first kappa shape index (κ1) is 22.3. The summed E-state index contributed by atoms with van der Waals surface area (Å²) in [7, 11) is 0. The van der Waals surface area contributed by atoms with Crippen LogP contribution in [0.3, 0.4) is 0 Å². The molecule has 160 valence electrons. The van der Waals surface area contributed by atoms with E-state index in [9.17, 15) is 13.6 Å². The lowest BCUT2D eigenvalue weighted by Gasteiger charge is -2.20. The quantitative estimate of drug-likeness (QED) is 0.497. The highest BCUT2D eigenvalue weighted by Gasteiger charge is 2.29. The molecule has 0 saturated carbocycles. The van der Waals surface area contributed by atoms with Gasteiger partial charge in [-0.2, -0.15) is 0 Å². The largest absolute Gasteiger partial charge is 0.489 e. The lowest BCUT2D eigenvalue weighted by molar-refractivity contribution is -0.137. The van der Waals surface area contributed by atoms with E-state index in [0.717, 1.165) is 42.9 Å². The van der Waals surface area contributed by atoms with E-state index in [-0.39, 0.29) is 18.4 Å². The zero-order valence-electron chi connectivity index (χ0n) is 17.1. The minimum atomic E-state index is -3.08. The summed E-state index contributed by atoms with van der Waals surface area (Å²) in [5, 5.41) is 9.59. The molecule has 3 rings (SSSR count). The normalized spacial score (nSPS) is 14.3. The minimum absolute atomic E-state index is 0.0566. The van der Waals surface area contributed by atoms with Crippen LogP contribution in [0.1, 0.15) is 54.9 Å². The van der Waals surface area contributed by atoms with Crippen molar-refractivity contribution in [2.45, 2.75) is 51.9 Å². The Hall–Kier alpha value is -2.40. The SMILES string of the molecule is Cc1cc(CCC(=O)O)c(C(C)(F)F)cc1OCC1=C(c2ccc(Cl)cc2)CCC1. The van der Waals surface area contributed by atoms with Gasteiger partial charge in [-0.15, -0.1) is 0 Å². The average Bonchev–Trinajstić information content (AvgIpc) is 3.13. The Morgan fingerprint density at radius 1 is 1.20 bits per heavy atom. The molecule has 0 atom stereocenters. The maximum absolute atomic E-state index is 14.2. The van der Waals surface area contributed by atoms with Crippen LogP contribution >= 0.6 is 11.6 Å². The molecule has 2 aromatic carbocycles. The van der Waals surface area contributed by atoms with E-state index in [1.165, 1.54) is 11.6 Å². The predicted octanol–water partition coefficient (Wildman–Crippen LogP) is 6.79. The summed E-state index contributed by atoms with van der Waals surface area (Å²) in [6, 6.07) is 10.7. The van der Waals surface area contributed by atoms with E-state index in [1.807, 2.05) is 24.3 Å². The number of carbonyl (C=O) groups is 1. The molecule has 0 saturated heterocycles. The maximum Gasteiger partial charge on any atom is 0.303 e. The number of rotatable bonds is 8. The molecule has 6 heteroatoms. The maximum atomic E-state index is 14.2. The minimum Gasteiger partial charge on any atom is -0.489 e. The van der Waals surface area contributed by atoms with Gasteiger partial charge >= 0.3 is 5.97 Å². The van der Waals surface area contributed by atoms with Gasteiger partial charge in [0.1, 0.15) is 12.4 Å². The predicted molar refractivity (Wildman–Crippen MR) is 114 cm³/mol. The van der Waals surface area contributed by atoms with Gasteiger partial charge in [0.15, 0.2) is 0 Å². The summed E-state index contributed by atoms with van der Waals surface area (Å²) in [6.45, 7) is 2.95. The molecule has 30 heavy (non-hydrogen) atoms. The van der Waals surface area contributed by atoms with Gasteiger partial charge in [0.25, 0.3) is 5.92 Å². The Morgan fingerprint density at radius 2 is 1.90 bits per heavy atom. The van der Waals surface area contributed by atoms with Gasteiger partial charge in [-0.05, 0) is 78.6 Å². The fourth-order valence-corrected chi connectivity index (χ4v) is 4.02. The number of hydrogen-bond donors (Lipinski definition) is 1. The molecule has 0 aromatic heterocycles. The third-order valence-electron chi connectivity index (χ3n) is 5.41. The lowest BCUT2D eigenvalue weighted by atomic mass is 9.96. The lowest BCUT2D eigenvalue weighted by Crippen LogP contribution is -2.13. The van der Waals surface area contributed by atoms with Crippen molar-refractivity contribution in [3.8, 4) is 5.75 Å². The second-order valence-electron chi connectivity index (χ2n) is 7.79. The van der Waals surface area contributed by atoms with Gasteiger partial charge in [0, 0.05) is 23.9 Å². The van der Waals surface area contributed by atoms with Crippen molar-refractivity contribution in [1.29, 1.82) is 0 Å². The van der Waals surface area contributed by atoms with Crippen LogP contribution in [0.5, 0.6) is 5.75 Å². The Balaban J connectivity index is 1.84. The van der Waals surface area contributed by atoms with E-state index in [1.54, 1.807) is 13.0 Å². The topological polar surface area (TPSA) is 46.5 Å². The monoisotopic (exact) mass is 434 g/mol. The van der Waals surface area contributed by atoms with E-state index < -0.39 is 11.9 Å². The fourth-order valence-electron chi connectivity index (χ4n) is 3.89. The molecule has 2 aromatic rings. The van der Waals surface area contributed by atoms with E-state index >= 15 is 0 Å². The Bertz CT molecular complexity index is 960. The molecule has 1 aliphatic rings. The smallest absolute Gasteiger partial charge is 0.303 e. The molecule has 0 heterocycles. The van der Waals surface area contributed by atoms with Crippen LogP contribution < -0.4 is 4.74 Å². The van der Waals surface area contributed by atoms with Gasteiger partial charge in [-0.1, -0.05) is 29.8 Å². The zero-order valence-corrected chi connectivity index (χ0v) is 17.9. The molecule has 0 radical (unpaired) electrons. The molecular formula is C24H25ClF2O3. The van der Waals surface area contributed by atoms with Gasteiger partial charge < -0.3 is 9.84 Å². The molecule has 0 fully saturated rings. The van der Waals surface area contributed by atoms with Crippen LogP contribution in [0.25, 0.3) is 5.57 Å². The highest BCUT2D eigenvalue weighted by atomic mass is 35.5. The Morgan fingerprint density at radius 3 is 2.53 bits per heavy atom. The number of aryl methyl sites for hydroxylation is 2. The van der Waals surface area contributed by atoms with E-state index in [4.69, 9.17) is 21.4 Å². The van der Waals surface area contributed by atoms with Crippen LogP contribution in [0.15, 0.2) is 42.0 Å². The first-order valence-corrected chi connectivity index (χ1v) is 10.4. The van der Waals surface area contributed by atoms with Crippen LogP contribution in [0, 0.1) is 6.92 Å². The molecule has 3 nitrogen and oxygen atoms in total. The van der Waals surface area contributed by atoms with E-state index in [2.05, 4.69) is 0 Å². The highest BCUT2D eigenvalue weighted by Crippen LogP contribution is 2.37. The number of hydrogen-bond acceptors (Lipinski definition) is 2. The molecular weight excluding hydrogens is 410 g/mol. The number of carboxylic acids is 1. The summed E-state index contributed by atoms with van der Waals surface area (Å²) < 4.78 is 34.3. The molecule has 1 N–H and O–H groups in total. The Kier molecular flexibility index (Phi) is 6.81.